The van der Waals surface area contributed by atoms with E-state index in [9.17, 15) is 0 Å². The van der Waals surface area contributed by atoms with E-state index in [0.717, 1.165) is 78.4 Å². The molecule has 6 aromatic carbocycles. The molecule has 0 aliphatic carbocycles. The molecule has 11 rings (SSSR count). The van der Waals surface area contributed by atoms with Crippen LogP contribution in [0.4, 0.5) is 0 Å². The van der Waals surface area contributed by atoms with Crippen molar-refractivity contribution in [2.75, 3.05) is 0 Å². The van der Waals surface area contributed by atoms with Crippen molar-refractivity contribution in [3.8, 4) is 113 Å². The minimum atomic E-state index is 0.595. The molecule has 0 N–H and O–H groups in total. The lowest BCUT2D eigenvalue weighted by Gasteiger charge is -2.11. The molecule has 0 amide bonds. The average Bonchev–Trinajstić information content (AvgIpc) is 3.42. The first-order chi connectivity index (χ1) is 32.7. The second-order valence-electron chi connectivity index (χ2n) is 15.5. The maximum Gasteiger partial charge on any atom is 0.164 e. The Morgan fingerprint density at radius 1 is 0.197 bits per heavy atom. The van der Waals surface area contributed by atoms with Crippen LogP contribution in [0, 0.1) is 0 Å². The van der Waals surface area contributed by atoms with Crippen LogP contribution in [0.25, 0.3) is 113 Å². The second kappa shape index (κ2) is 17.9. The molecule has 0 atom stereocenters. The van der Waals surface area contributed by atoms with E-state index in [1.54, 1.807) is 6.20 Å². The van der Waals surface area contributed by atoms with Crippen molar-refractivity contribution in [3.05, 3.63) is 225 Å². The van der Waals surface area contributed by atoms with E-state index in [1.165, 1.54) is 0 Å². The summed E-state index contributed by atoms with van der Waals surface area (Å²) in [5.74, 6) is 3.68. The molecule has 0 radical (unpaired) electrons. The van der Waals surface area contributed by atoms with Gasteiger partial charge in [-0.1, -0.05) is 182 Å². The van der Waals surface area contributed by atoms with E-state index >= 15 is 0 Å². The lowest BCUT2D eigenvalue weighted by Crippen LogP contribution is -2.00. The first kappa shape index (κ1) is 39.6. The van der Waals surface area contributed by atoms with Crippen molar-refractivity contribution in [3.63, 3.8) is 0 Å². The number of nitrogens with zero attached hydrogens (tertiary/aromatic N) is 9. The number of hydrogen-bond donors (Lipinski definition) is 0. The summed E-state index contributed by atoms with van der Waals surface area (Å²) in [7, 11) is 0. The fourth-order valence-corrected chi connectivity index (χ4v) is 7.69. The molecule has 11 aromatic rings. The molecular weight excluding hydrogens is 811 g/mol. The van der Waals surface area contributed by atoms with Crippen LogP contribution in [0.5, 0.6) is 0 Å². The normalized spacial score (nSPS) is 11.0. The molecule has 0 saturated carbocycles. The Bertz CT molecular complexity index is 3290. The Balaban J connectivity index is 0.899. The highest BCUT2D eigenvalue weighted by atomic mass is 15.0. The number of benzene rings is 6. The van der Waals surface area contributed by atoms with Crippen LogP contribution in [-0.4, -0.2) is 44.9 Å². The van der Waals surface area contributed by atoms with Crippen LogP contribution in [-0.2, 0) is 0 Å². The molecule has 0 fully saturated rings. The molecule has 9 nitrogen and oxygen atoms in total. The SMILES string of the molecule is c1ccc(-c2nc(-c3ccccc3)nc(-c3ccc(-c4ccc(-c5cc(-c6ccc(-c7nc(-c8ccccc8)nc(-c8ccccc8)n7)cc6)cc(-c6ccccn6)n5)nc4)cc3)n2)cc1. The quantitative estimate of drug-likeness (QED) is 0.133. The topological polar surface area (TPSA) is 116 Å². The molecule has 9 heteroatoms. The molecule has 66 heavy (non-hydrogen) atoms. The summed E-state index contributed by atoms with van der Waals surface area (Å²) in [4.78, 5) is 44.0. The van der Waals surface area contributed by atoms with Gasteiger partial charge in [0, 0.05) is 51.3 Å². The van der Waals surface area contributed by atoms with Crippen molar-refractivity contribution in [1.82, 2.24) is 44.9 Å². The lowest BCUT2D eigenvalue weighted by molar-refractivity contribution is 1.07. The summed E-state index contributed by atoms with van der Waals surface area (Å²) in [6.07, 6.45) is 3.67. The van der Waals surface area contributed by atoms with Gasteiger partial charge in [0.05, 0.1) is 22.8 Å². The zero-order valence-electron chi connectivity index (χ0n) is 35.4. The van der Waals surface area contributed by atoms with Crippen LogP contribution in [0.2, 0.25) is 0 Å². The van der Waals surface area contributed by atoms with Gasteiger partial charge in [0.2, 0.25) is 0 Å². The zero-order valence-corrected chi connectivity index (χ0v) is 35.4. The summed E-state index contributed by atoms with van der Waals surface area (Å²) in [5, 5.41) is 0. The molecule has 0 bridgehead atoms. The van der Waals surface area contributed by atoms with Crippen LogP contribution in [0.3, 0.4) is 0 Å². The van der Waals surface area contributed by atoms with E-state index in [-0.39, 0.29) is 0 Å². The summed E-state index contributed by atoms with van der Waals surface area (Å²) in [6, 6.07) is 70.6. The van der Waals surface area contributed by atoms with Crippen molar-refractivity contribution in [2.45, 2.75) is 0 Å². The smallest absolute Gasteiger partial charge is 0.164 e. The number of hydrogen-bond acceptors (Lipinski definition) is 9. The van der Waals surface area contributed by atoms with E-state index in [0.29, 0.717) is 34.9 Å². The Morgan fingerprint density at radius 3 is 0.864 bits per heavy atom. The Hall–Kier alpha value is -9.21. The van der Waals surface area contributed by atoms with Crippen molar-refractivity contribution in [1.29, 1.82) is 0 Å². The minimum Gasteiger partial charge on any atom is -0.255 e. The molecule has 0 saturated heterocycles. The van der Waals surface area contributed by atoms with Gasteiger partial charge < -0.3 is 0 Å². The van der Waals surface area contributed by atoms with Gasteiger partial charge >= 0.3 is 0 Å². The third kappa shape index (κ3) is 8.47. The van der Waals surface area contributed by atoms with Gasteiger partial charge in [0.25, 0.3) is 0 Å². The summed E-state index contributed by atoms with van der Waals surface area (Å²) < 4.78 is 0. The van der Waals surface area contributed by atoms with Gasteiger partial charge in [-0.05, 0) is 47.0 Å². The maximum absolute atomic E-state index is 5.08. The van der Waals surface area contributed by atoms with Gasteiger partial charge in [-0.15, -0.1) is 0 Å². The molecule has 0 aliphatic rings. The van der Waals surface area contributed by atoms with Crippen molar-refractivity contribution >= 4 is 0 Å². The molecule has 0 spiro atoms. The summed E-state index contributed by atoms with van der Waals surface area (Å²) in [6.45, 7) is 0. The second-order valence-corrected chi connectivity index (χ2v) is 15.5. The molecular formula is C57H37N9. The molecule has 0 unspecified atom stereocenters. The van der Waals surface area contributed by atoms with E-state index in [1.807, 2.05) is 164 Å². The number of pyridine rings is 3. The largest absolute Gasteiger partial charge is 0.255 e. The van der Waals surface area contributed by atoms with E-state index in [4.69, 9.17) is 39.9 Å². The maximum atomic E-state index is 5.08. The van der Waals surface area contributed by atoms with Gasteiger partial charge in [0.1, 0.15) is 0 Å². The monoisotopic (exact) mass is 847 g/mol. The fourth-order valence-electron chi connectivity index (χ4n) is 7.69. The highest BCUT2D eigenvalue weighted by molar-refractivity contribution is 5.78. The average molecular weight is 848 g/mol. The predicted octanol–water partition coefficient (Wildman–Crippen LogP) is 12.9. The standard InChI is InChI=1S/C57H37N9/c1-5-15-40(16-6-1)52-61-53(41-17-7-2-8-18-41)64-56(63-52)44-28-24-38(25-29-44)46-32-33-49(59-37-46)51-36-47(35-50(60-51)48-23-13-14-34-58-48)39-26-30-45(31-27-39)57-65-54(42-19-9-3-10-20-42)62-55(66-57)43-21-11-4-12-22-43/h1-37H. The van der Waals surface area contributed by atoms with Gasteiger partial charge in [-0.2, -0.15) is 0 Å². The Kier molecular flexibility index (Phi) is 10.7. The predicted molar refractivity (Wildman–Crippen MR) is 261 cm³/mol. The summed E-state index contributed by atoms with van der Waals surface area (Å²) >= 11 is 0. The van der Waals surface area contributed by atoms with E-state index < -0.39 is 0 Å². The minimum absolute atomic E-state index is 0.595. The molecule has 5 aromatic heterocycles. The van der Waals surface area contributed by atoms with E-state index in [2.05, 4.69) is 59.6 Å². The number of aromatic nitrogens is 9. The third-order valence-corrected chi connectivity index (χ3v) is 11.1. The summed E-state index contributed by atoms with van der Waals surface area (Å²) in [5.41, 5.74) is 12.4. The zero-order chi connectivity index (χ0) is 44.1. The van der Waals surface area contributed by atoms with Crippen LogP contribution >= 0.6 is 0 Å². The fraction of sp³-hybridized carbons (Fsp3) is 0. The highest BCUT2D eigenvalue weighted by Gasteiger charge is 2.16. The van der Waals surface area contributed by atoms with Gasteiger partial charge in [0.15, 0.2) is 34.9 Å². The first-order valence-electron chi connectivity index (χ1n) is 21.5. The molecule has 0 aliphatic heterocycles. The number of rotatable bonds is 10. The van der Waals surface area contributed by atoms with Gasteiger partial charge in [-0.25, -0.2) is 34.9 Å². The Morgan fingerprint density at radius 2 is 0.515 bits per heavy atom. The van der Waals surface area contributed by atoms with Crippen molar-refractivity contribution in [2.24, 2.45) is 0 Å². The highest BCUT2D eigenvalue weighted by Crippen LogP contribution is 2.33. The third-order valence-electron chi connectivity index (χ3n) is 11.1. The Labute approximate surface area is 381 Å². The molecule has 5 heterocycles. The lowest BCUT2D eigenvalue weighted by atomic mass is 10.0. The van der Waals surface area contributed by atoms with Crippen LogP contribution in [0.1, 0.15) is 0 Å². The molecule has 310 valence electrons. The van der Waals surface area contributed by atoms with Gasteiger partial charge in [-0.3, -0.25) is 9.97 Å². The van der Waals surface area contributed by atoms with Crippen molar-refractivity contribution < 1.29 is 0 Å². The van der Waals surface area contributed by atoms with Crippen LogP contribution in [0.15, 0.2) is 225 Å². The van der Waals surface area contributed by atoms with Crippen LogP contribution < -0.4 is 0 Å². The first-order valence-corrected chi connectivity index (χ1v) is 21.5.